The lowest BCUT2D eigenvalue weighted by Gasteiger charge is -2.39. The average Bonchev–Trinajstić information content (AvgIpc) is 2.60. The van der Waals surface area contributed by atoms with Crippen LogP contribution >= 0.6 is 0 Å². The molecule has 5 heteroatoms. The van der Waals surface area contributed by atoms with Crippen molar-refractivity contribution in [3.05, 3.63) is 48.0 Å². The first-order valence-corrected chi connectivity index (χ1v) is 9.38. The first-order chi connectivity index (χ1) is 12.4. The quantitative estimate of drug-likeness (QED) is 0.776. The molecule has 1 heterocycles. The van der Waals surface area contributed by atoms with E-state index < -0.39 is 5.60 Å². The summed E-state index contributed by atoms with van der Waals surface area (Å²) in [7, 11) is 0. The molecule has 2 rings (SSSR count). The molecule has 1 amide bonds. The van der Waals surface area contributed by atoms with Crippen LogP contribution in [0.4, 0.5) is 4.79 Å². The van der Waals surface area contributed by atoms with E-state index in [4.69, 9.17) is 9.47 Å². The van der Waals surface area contributed by atoms with Crippen LogP contribution in [0, 0.1) is 0 Å². The summed E-state index contributed by atoms with van der Waals surface area (Å²) >= 11 is 0. The van der Waals surface area contributed by atoms with Crippen LogP contribution < -0.4 is 5.32 Å². The summed E-state index contributed by atoms with van der Waals surface area (Å²) in [5, 5.41) is 3.59. The van der Waals surface area contributed by atoms with E-state index in [1.165, 1.54) is 5.56 Å². The SMILES string of the molecule is CC=CCO[C@@H]1C[C@H](NCc2ccccc2)CCN1C(=O)OC(C)(C)C. The summed E-state index contributed by atoms with van der Waals surface area (Å²) in [6.45, 7) is 9.55. The van der Waals surface area contributed by atoms with Crippen LogP contribution in [-0.4, -0.2) is 42.0 Å². The second-order valence-corrected chi connectivity index (χ2v) is 7.62. The number of ether oxygens (including phenoxy) is 2. The molecule has 1 aromatic rings. The first kappa shape index (κ1) is 20.5. The molecule has 1 fully saturated rings. The monoisotopic (exact) mass is 360 g/mol. The molecule has 5 nitrogen and oxygen atoms in total. The summed E-state index contributed by atoms with van der Waals surface area (Å²) in [5.74, 6) is 0. The van der Waals surface area contributed by atoms with Crippen LogP contribution in [0.15, 0.2) is 42.5 Å². The number of carbonyl (C=O) groups excluding carboxylic acids is 1. The zero-order valence-electron chi connectivity index (χ0n) is 16.4. The van der Waals surface area contributed by atoms with Gasteiger partial charge in [-0.15, -0.1) is 0 Å². The minimum atomic E-state index is -0.507. The zero-order chi connectivity index (χ0) is 19.0. The number of nitrogens with one attached hydrogen (secondary N) is 1. The molecule has 1 saturated heterocycles. The van der Waals surface area contributed by atoms with Gasteiger partial charge in [-0.3, -0.25) is 4.90 Å². The van der Waals surface area contributed by atoms with Crippen LogP contribution in [0.1, 0.15) is 46.1 Å². The van der Waals surface area contributed by atoms with E-state index in [9.17, 15) is 4.79 Å². The Hall–Kier alpha value is -1.85. The van der Waals surface area contributed by atoms with Gasteiger partial charge in [0.05, 0.1) is 6.61 Å². The number of likely N-dealkylation sites (tertiary alicyclic amines) is 1. The summed E-state index contributed by atoms with van der Waals surface area (Å²) in [6.07, 6.45) is 4.96. The van der Waals surface area contributed by atoms with Crippen LogP contribution in [0.25, 0.3) is 0 Å². The Balaban J connectivity index is 1.95. The maximum Gasteiger partial charge on any atom is 0.412 e. The van der Waals surface area contributed by atoms with E-state index >= 15 is 0 Å². The maximum atomic E-state index is 12.5. The zero-order valence-corrected chi connectivity index (χ0v) is 16.4. The van der Waals surface area contributed by atoms with Crippen molar-refractivity contribution in [2.75, 3.05) is 13.2 Å². The van der Waals surface area contributed by atoms with Gasteiger partial charge in [0.1, 0.15) is 11.8 Å². The second kappa shape index (κ2) is 9.74. The molecule has 0 aromatic heterocycles. The fraction of sp³-hybridized carbons (Fsp3) is 0.571. The van der Waals surface area contributed by atoms with Crippen molar-refractivity contribution in [1.29, 1.82) is 0 Å². The third-order valence-corrected chi connectivity index (χ3v) is 4.24. The second-order valence-electron chi connectivity index (χ2n) is 7.62. The van der Waals surface area contributed by atoms with Crippen molar-refractivity contribution in [2.24, 2.45) is 0 Å². The minimum Gasteiger partial charge on any atom is -0.444 e. The van der Waals surface area contributed by atoms with Crippen molar-refractivity contribution in [3.8, 4) is 0 Å². The molecule has 0 spiro atoms. The lowest BCUT2D eigenvalue weighted by molar-refractivity contribution is -0.0813. The first-order valence-electron chi connectivity index (χ1n) is 9.38. The van der Waals surface area contributed by atoms with Gasteiger partial charge in [-0.05, 0) is 39.7 Å². The third kappa shape index (κ3) is 6.81. The fourth-order valence-electron chi connectivity index (χ4n) is 2.92. The van der Waals surface area contributed by atoms with Crippen molar-refractivity contribution < 1.29 is 14.3 Å². The summed E-state index contributed by atoms with van der Waals surface area (Å²) in [6, 6.07) is 10.7. The lowest BCUT2D eigenvalue weighted by Crippen LogP contribution is -2.53. The minimum absolute atomic E-state index is 0.275. The Bertz CT molecular complexity index is 581. The van der Waals surface area contributed by atoms with Gasteiger partial charge in [-0.2, -0.15) is 0 Å². The number of benzene rings is 1. The van der Waals surface area contributed by atoms with Crippen molar-refractivity contribution in [3.63, 3.8) is 0 Å². The van der Waals surface area contributed by atoms with E-state index in [1.807, 2.05) is 58.0 Å². The van der Waals surface area contributed by atoms with E-state index in [-0.39, 0.29) is 12.3 Å². The van der Waals surface area contributed by atoms with Crippen LogP contribution in [0.2, 0.25) is 0 Å². The predicted octanol–water partition coefficient (Wildman–Crippen LogP) is 4.09. The van der Waals surface area contributed by atoms with Gasteiger partial charge < -0.3 is 14.8 Å². The lowest BCUT2D eigenvalue weighted by atomic mass is 10.0. The summed E-state index contributed by atoms with van der Waals surface area (Å²) in [4.78, 5) is 14.2. The highest BCUT2D eigenvalue weighted by molar-refractivity contribution is 5.68. The molecular formula is C21H32N2O3. The van der Waals surface area contributed by atoms with Crippen LogP contribution in [0.3, 0.4) is 0 Å². The molecule has 1 aromatic carbocycles. The van der Waals surface area contributed by atoms with Gasteiger partial charge in [-0.25, -0.2) is 4.79 Å². The van der Waals surface area contributed by atoms with Crippen molar-refractivity contribution in [1.82, 2.24) is 10.2 Å². The summed E-state index contributed by atoms with van der Waals surface area (Å²) in [5.41, 5.74) is 0.751. The van der Waals surface area contributed by atoms with E-state index in [1.54, 1.807) is 4.90 Å². The normalized spacial score (nSPS) is 21.2. The molecule has 0 saturated carbocycles. The number of nitrogens with zero attached hydrogens (tertiary/aromatic N) is 1. The molecule has 0 unspecified atom stereocenters. The third-order valence-electron chi connectivity index (χ3n) is 4.24. The van der Waals surface area contributed by atoms with E-state index in [0.717, 1.165) is 19.4 Å². The molecule has 1 aliphatic rings. The van der Waals surface area contributed by atoms with Gasteiger partial charge in [0.15, 0.2) is 0 Å². The van der Waals surface area contributed by atoms with Crippen LogP contribution in [0.5, 0.6) is 0 Å². The Labute approximate surface area is 157 Å². The van der Waals surface area contributed by atoms with Gasteiger partial charge in [0.2, 0.25) is 0 Å². The Morgan fingerprint density at radius 3 is 2.69 bits per heavy atom. The average molecular weight is 360 g/mol. The Morgan fingerprint density at radius 2 is 2.04 bits per heavy atom. The maximum absolute atomic E-state index is 12.5. The number of allylic oxidation sites excluding steroid dienone is 1. The van der Waals surface area contributed by atoms with E-state index in [0.29, 0.717) is 19.2 Å². The number of rotatable bonds is 6. The van der Waals surface area contributed by atoms with Gasteiger partial charge in [0, 0.05) is 25.6 Å². The number of amides is 1. The topological polar surface area (TPSA) is 50.8 Å². The van der Waals surface area contributed by atoms with Crippen molar-refractivity contribution in [2.45, 2.75) is 65.0 Å². The molecule has 0 radical (unpaired) electrons. The molecule has 0 bridgehead atoms. The standard InChI is InChI=1S/C21H32N2O3/c1-5-6-14-25-19-15-18(22-16-17-10-8-7-9-11-17)12-13-23(19)20(24)26-21(2,3)4/h5-11,18-19,22H,12-16H2,1-4H3/t18-,19-/m1/s1. The molecular weight excluding hydrogens is 328 g/mol. The molecule has 0 aliphatic carbocycles. The predicted molar refractivity (Wildman–Crippen MR) is 104 cm³/mol. The van der Waals surface area contributed by atoms with Crippen molar-refractivity contribution >= 4 is 6.09 Å². The highest BCUT2D eigenvalue weighted by atomic mass is 16.6. The molecule has 2 atom stereocenters. The Kier molecular flexibility index (Phi) is 7.66. The largest absolute Gasteiger partial charge is 0.444 e. The van der Waals surface area contributed by atoms with Gasteiger partial charge in [0.25, 0.3) is 0 Å². The number of piperidine rings is 1. The molecule has 144 valence electrons. The highest BCUT2D eigenvalue weighted by Gasteiger charge is 2.34. The fourth-order valence-corrected chi connectivity index (χ4v) is 2.92. The number of hydrogen-bond acceptors (Lipinski definition) is 4. The van der Waals surface area contributed by atoms with E-state index in [2.05, 4.69) is 17.4 Å². The number of carbonyl (C=O) groups is 1. The van der Waals surface area contributed by atoms with Crippen LogP contribution in [-0.2, 0) is 16.0 Å². The smallest absolute Gasteiger partial charge is 0.412 e. The molecule has 1 N–H and O–H groups in total. The van der Waals surface area contributed by atoms with Gasteiger partial charge >= 0.3 is 6.09 Å². The Morgan fingerprint density at radius 1 is 1.31 bits per heavy atom. The summed E-state index contributed by atoms with van der Waals surface area (Å²) < 4.78 is 11.5. The number of hydrogen-bond donors (Lipinski definition) is 1. The van der Waals surface area contributed by atoms with Gasteiger partial charge in [-0.1, -0.05) is 42.5 Å². The molecule has 26 heavy (non-hydrogen) atoms. The molecule has 1 aliphatic heterocycles. The highest BCUT2D eigenvalue weighted by Crippen LogP contribution is 2.22.